The van der Waals surface area contributed by atoms with E-state index in [9.17, 15) is 0 Å². The monoisotopic (exact) mass is 397 g/mol. The maximum Gasteiger partial charge on any atom is 0.257 e. The van der Waals surface area contributed by atoms with E-state index in [0.29, 0.717) is 42.3 Å². The summed E-state index contributed by atoms with van der Waals surface area (Å²) in [6.07, 6.45) is 5.00. The molecule has 0 unspecified atom stereocenters. The molecule has 5 heterocycles. The molecule has 28 heavy (non-hydrogen) atoms. The Balaban J connectivity index is 1.46. The molecule has 0 aromatic carbocycles. The molecule has 1 aliphatic rings. The zero-order valence-electron chi connectivity index (χ0n) is 15.0. The Kier molecular flexibility index (Phi) is 4.18. The van der Waals surface area contributed by atoms with E-state index >= 15 is 0 Å². The number of nitrogens with zero attached hydrogens (tertiary/aromatic N) is 7. The van der Waals surface area contributed by atoms with Crippen LogP contribution in [-0.4, -0.2) is 49.2 Å². The maximum absolute atomic E-state index is 6.13. The molecule has 0 aliphatic carbocycles. The number of halogens is 1. The third-order valence-electron chi connectivity index (χ3n) is 4.55. The molecular formula is C18H16ClN7O2. The predicted molar refractivity (Wildman–Crippen MR) is 101 cm³/mol. The molecule has 1 aliphatic heterocycles. The lowest BCUT2D eigenvalue weighted by molar-refractivity contribution is 0.0184. The number of rotatable bonds is 3. The second-order valence-corrected chi connectivity index (χ2v) is 6.88. The largest absolute Gasteiger partial charge is 0.365 e. The molecule has 0 bridgehead atoms. The maximum atomic E-state index is 6.13. The van der Waals surface area contributed by atoms with Gasteiger partial charge < -0.3 is 14.2 Å². The number of fused-ring (bicyclic) bond motifs is 1. The number of morpholine rings is 1. The normalized spacial score (nSPS) is 17.4. The molecule has 10 heteroatoms. The Morgan fingerprint density at radius 3 is 2.96 bits per heavy atom. The molecule has 142 valence electrons. The smallest absolute Gasteiger partial charge is 0.257 e. The minimum Gasteiger partial charge on any atom is -0.365 e. The van der Waals surface area contributed by atoms with Gasteiger partial charge >= 0.3 is 0 Å². The highest BCUT2D eigenvalue weighted by molar-refractivity contribution is 6.30. The van der Waals surface area contributed by atoms with E-state index in [-0.39, 0.29) is 6.10 Å². The summed E-state index contributed by atoms with van der Waals surface area (Å²) in [5.74, 6) is 2.44. The SMILES string of the molecule is Cc1noc([C@H]2CN(c3ccnc(-c4cnc5ccc(Cl)cn45)n3)CCO2)n1. The molecule has 4 aromatic rings. The number of aryl methyl sites for hydroxylation is 1. The summed E-state index contributed by atoms with van der Waals surface area (Å²) in [6.45, 7) is 3.60. The van der Waals surface area contributed by atoms with Crippen LogP contribution in [0.5, 0.6) is 0 Å². The van der Waals surface area contributed by atoms with Crippen molar-refractivity contribution < 1.29 is 9.26 Å². The van der Waals surface area contributed by atoms with Crippen molar-refractivity contribution >= 4 is 23.1 Å². The number of imidazole rings is 1. The summed E-state index contributed by atoms with van der Waals surface area (Å²) in [6, 6.07) is 5.54. The highest BCUT2D eigenvalue weighted by Gasteiger charge is 2.27. The molecule has 0 saturated carbocycles. The summed E-state index contributed by atoms with van der Waals surface area (Å²) in [5.41, 5.74) is 1.56. The Morgan fingerprint density at radius 2 is 2.11 bits per heavy atom. The summed E-state index contributed by atoms with van der Waals surface area (Å²) in [7, 11) is 0. The van der Waals surface area contributed by atoms with Crippen LogP contribution in [0.25, 0.3) is 17.2 Å². The van der Waals surface area contributed by atoms with Gasteiger partial charge in [-0.15, -0.1) is 0 Å². The number of ether oxygens (including phenoxy) is 1. The fourth-order valence-electron chi connectivity index (χ4n) is 3.22. The van der Waals surface area contributed by atoms with Gasteiger partial charge in [-0.3, -0.25) is 4.40 Å². The van der Waals surface area contributed by atoms with E-state index in [1.165, 1.54) is 0 Å². The second-order valence-electron chi connectivity index (χ2n) is 6.44. The lowest BCUT2D eigenvalue weighted by Gasteiger charge is -2.32. The van der Waals surface area contributed by atoms with Crippen molar-refractivity contribution in [1.82, 2.24) is 29.5 Å². The fraction of sp³-hybridized carbons (Fsp3) is 0.278. The topological polar surface area (TPSA) is 94.5 Å². The first-order valence-electron chi connectivity index (χ1n) is 8.80. The molecule has 1 fully saturated rings. The van der Waals surface area contributed by atoms with Crippen LogP contribution in [0.3, 0.4) is 0 Å². The van der Waals surface area contributed by atoms with Crippen LogP contribution in [0.2, 0.25) is 5.02 Å². The van der Waals surface area contributed by atoms with Crippen molar-refractivity contribution in [3.05, 3.63) is 53.5 Å². The highest BCUT2D eigenvalue weighted by Crippen LogP contribution is 2.26. The lowest BCUT2D eigenvalue weighted by atomic mass is 10.2. The third kappa shape index (κ3) is 3.08. The molecule has 0 amide bonds. The van der Waals surface area contributed by atoms with Gasteiger partial charge in [0.25, 0.3) is 5.89 Å². The van der Waals surface area contributed by atoms with E-state index in [1.807, 2.05) is 16.5 Å². The van der Waals surface area contributed by atoms with Crippen LogP contribution in [0.15, 0.2) is 41.3 Å². The van der Waals surface area contributed by atoms with Crippen LogP contribution < -0.4 is 4.90 Å². The van der Waals surface area contributed by atoms with Crippen molar-refractivity contribution in [3.8, 4) is 11.5 Å². The minimum atomic E-state index is -0.289. The quantitative estimate of drug-likeness (QED) is 0.520. The Morgan fingerprint density at radius 1 is 1.18 bits per heavy atom. The molecule has 0 N–H and O–H groups in total. The van der Waals surface area contributed by atoms with Crippen molar-refractivity contribution in [3.63, 3.8) is 0 Å². The Labute approximate surface area is 165 Å². The average Bonchev–Trinajstić information content (AvgIpc) is 3.34. The number of anilines is 1. The van der Waals surface area contributed by atoms with Crippen LogP contribution in [0, 0.1) is 6.92 Å². The van der Waals surface area contributed by atoms with E-state index in [1.54, 1.807) is 31.6 Å². The summed E-state index contributed by atoms with van der Waals surface area (Å²) in [5, 5.41) is 4.46. The molecule has 4 aromatic heterocycles. The zero-order valence-corrected chi connectivity index (χ0v) is 15.7. The molecule has 1 atom stereocenters. The first-order valence-corrected chi connectivity index (χ1v) is 9.18. The van der Waals surface area contributed by atoms with E-state index in [4.69, 9.17) is 25.8 Å². The van der Waals surface area contributed by atoms with Crippen LogP contribution in [0.1, 0.15) is 17.8 Å². The van der Waals surface area contributed by atoms with Crippen LogP contribution >= 0.6 is 11.6 Å². The second kappa shape index (κ2) is 6.84. The number of pyridine rings is 1. The fourth-order valence-corrected chi connectivity index (χ4v) is 3.38. The van der Waals surface area contributed by atoms with E-state index in [2.05, 4.69) is 25.0 Å². The van der Waals surface area contributed by atoms with Gasteiger partial charge in [-0.2, -0.15) is 4.98 Å². The number of hydrogen-bond donors (Lipinski definition) is 0. The summed E-state index contributed by atoms with van der Waals surface area (Å²) >= 11 is 6.13. The van der Waals surface area contributed by atoms with Gasteiger partial charge in [0, 0.05) is 18.9 Å². The molecule has 0 spiro atoms. The predicted octanol–water partition coefficient (Wildman–Crippen LogP) is 2.71. The number of hydrogen-bond acceptors (Lipinski definition) is 8. The molecule has 9 nitrogen and oxygen atoms in total. The van der Waals surface area contributed by atoms with Gasteiger partial charge in [0.15, 0.2) is 17.8 Å². The minimum absolute atomic E-state index is 0.289. The van der Waals surface area contributed by atoms with Crippen LogP contribution in [-0.2, 0) is 4.74 Å². The van der Waals surface area contributed by atoms with Gasteiger partial charge in [-0.1, -0.05) is 16.8 Å². The van der Waals surface area contributed by atoms with Gasteiger partial charge in [0.05, 0.1) is 24.4 Å². The third-order valence-corrected chi connectivity index (χ3v) is 4.77. The lowest BCUT2D eigenvalue weighted by Crippen LogP contribution is -2.39. The highest BCUT2D eigenvalue weighted by atomic mass is 35.5. The molecular weight excluding hydrogens is 382 g/mol. The van der Waals surface area contributed by atoms with Crippen molar-refractivity contribution in [2.75, 3.05) is 24.6 Å². The van der Waals surface area contributed by atoms with E-state index < -0.39 is 0 Å². The standard InChI is InChI=1S/C18H16ClN7O2/c1-11-22-18(28-24-11)14-10-25(6-7-27-14)16-4-5-20-17(23-16)13-8-21-15-3-2-12(19)9-26(13)15/h2-5,8-9,14H,6-7,10H2,1H3/t14-/m1/s1. The first kappa shape index (κ1) is 17.1. The van der Waals surface area contributed by atoms with Crippen molar-refractivity contribution in [2.45, 2.75) is 13.0 Å². The summed E-state index contributed by atoms with van der Waals surface area (Å²) < 4.78 is 12.9. The van der Waals surface area contributed by atoms with E-state index in [0.717, 1.165) is 17.2 Å². The van der Waals surface area contributed by atoms with Gasteiger partial charge in [-0.25, -0.2) is 15.0 Å². The molecule has 5 rings (SSSR count). The number of aromatic nitrogens is 6. The van der Waals surface area contributed by atoms with Crippen LogP contribution in [0.4, 0.5) is 5.82 Å². The first-order chi connectivity index (χ1) is 13.7. The van der Waals surface area contributed by atoms with Gasteiger partial charge in [0.2, 0.25) is 0 Å². The van der Waals surface area contributed by atoms with Gasteiger partial charge in [0.1, 0.15) is 17.2 Å². The van der Waals surface area contributed by atoms with Gasteiger partial charge in [-0.05, 0) is 25.1 Å². The zero-order chi connectivity index (χ0) is 19.1. The van der Waals surface area contributed by atoms with Crippen molar-refractivity contribution in [2.24, 2.45) is 0 Å². The molecule has 0 radical (unpaired) electrons. The Bertz CT molecular complexity index is 1140. The average molecular weight is 398 g/mol. The summed E-state index contributed by atoms with van der Waals surface area (Å²) in [4.78, 5) is 20.0. The molecule has 1 saturated heterocycles. The van der Waals surface area contributed by atoms with Crippen molar-refractivity contribution in [1.29, 1.82) is 0 Å². The Hall–Kier alpha value is -3.04.